The minimum atomic E-state index is 0.478. The number of thioether (sulfide) groups is 1. The molecule has 3 aromatic rings. The van der Waals surface area contributed by atoms with Crippen molar-refractivity contribution < 1.29 is 0 Å². The third-order valence-electron chi connectivity index (χ3n) is 4.33. The van der Waals surface area contributed by atoms with E-state index in [1.807, 2.05) is 43.1 Å². The molecule has 1 aromatic carbocycles. The molecule has 4 N–H and O–H groups in total. The molecule has 0 bridgehead atoms. The van der Waals surface area contributed by atoms with Crippen LogP contribution in [0.2, 0.25) is 5.02 Å². The lowest BCUT2D eigenvalue weighted by atomic mass is 10.2. The molecule has 2 aromatic heterocycles. The van der Waals surface area contributed by atoms with Crippen molar-refractivity contribution in [3.63, 3.8) is 0 Å². The van der Waals surface area contributed by atoms with Crippen molar-refractivity contribution in [2.45, 2.75) is 25.8 Å². The number of aromatic amines is 1. The summed E-state index contributed by atoms with van der Waals surface area (Å²) in [6.45, 7) is 1.98. The fourth-order valence-electron chi connectivity index (χ4n) is 3.08. The predicted molar refractivity (Wildman–Crippen MR) is 113 cm³/mol. The van der Waals surface area contributed by atoms with Crippen molar-refractivity contribution in [1.29, 1.82) is 0 Å². The molecule has 0 saturated carbocycles. The lowest BCUT2D eigenvalue weighted by Gasteiger charge is -2.23. The van der Waals surface area contributed by atoms with E-state index in [1.165, 1.54) is 25.6 Å². The molecule has 7 heteroatoms. The molecule has 1 aliphatic rings. The Bertz CT molecular complexity index is 873. The molecule has 138 valence electrons. The van der Waals surface area contributed by atoms with Gasteiger partial charge in [-0.3, -0.25) is 4.98 Å². The number of hydrogen-bond donors (Lipinski definition) is 3. The van der Waals surface area contributed by atoms with Gasteiger partial charge in [0.05, 0.1) is 17.6 Å². The van der Waals surface area contributed by atoms with Crippen LogP contribution in [0.25, 0.3) is 22.3 Å². The maximum atomic E-state index is 6.29. The van der Waals surface area contributed by atoms with Crippen LogP contribution in [0, 0.1) is 6.92 Å². The number of fused-ring (bicyclic) bond motifs is 1. The Hall–Kier alpha value is -1.76. The lowest BCUT2D eigenvalue weighted by Crippen LogP contribution is -2.26. The number of nitrogens with two attached hydrogens (primary N) is 1. The highest BCUT2D eigenvalue weighted by atomic mass is 35.5. The maximum absolute atomic E-state index is 6.29. The zero-order valence-corrected chi connectivity index (χ0v) is 16.6. The zero-order valence-electron chi connectivity index (χ0n) is 15.1. The third kappa shape index (κ3) is 4.14. The number of aryl methyl sites for hydroxylation is 1. The molecule has 4 rings (SSSR count). The molecule has 1 aliphatic heterocycles. The molecule has 0 unspecified atom stereocenters. The second-order valence-electron chi connectivity index (χ2n) is 6.13. The second-order valence-corrected chi connectivity index (χ2v) is 7.69. The first-order valence-electron chi connectivity index (χ1n) is 8.74. The third-order valence-corrected chi connectivity index (χ3v) is 5.88. The normalized spacial score (nSPS) is 16.8. The van der Waals surface area contributed by atoms with Crippen molar-refractivity contribution in [2.75, 3.05) is 23.9 Å². The standard InChI is InChI=1S/C18H19ClN4S.CH5N/c1-11-18(16-8-13-14(19)5-2-6-15(13)22-16)23-17(9-20-11)21-12-4-3-7-24-10-12;1-2/h2,5-6,8-9,12,22H,3-4,7,10H2,1H3,(H,21,23);2H2,1H3/t12-;/m0./s1. The van der Waals surface area contributed by atoms with E-state index in [2.05, 4.69) is 27.1 Å². The van der Waals surface area contributed by atoms with Crippen molar-refractivity contribution >= 4 is 40.1 Å². The monoisotopic (exact) mass is 389 g/mol. The fourth-order valence-corrected chi connectivity index (χ4v) is 4.38. The smallest absolute Gasteiger partial charge is 0.145 e. The summed E-state index contributed by atoms with van der Waals surface area (Å²) >= 11 is 8.29. The Morgan fingerprint density at radius 2 is 2.19 bits per heavy atom. The molecule has 26 heavy (non-hydrogen) atoms. The van der Waals surface area contributed by atoms with E-state index in [1.54, 1.807) is 0 Å². The van der Waals surface area contributed by atoms with Crippen LogP contribution in [0.4, 0.5) is 5.82 Å². The number of benzene rings is 1. The molecule has 1 saturated heterocycles. The number of nitrogens with zero attached hydrogens (tertiary/aromatic N) is 2. The van der Waals surface area contributed by atoms with E-state index in [0.717, 1.165) is 44.6 Å². The second kappa shape index (κ2) is 8.75. The summed E-state index contributed by atoms with van der Waals surface area (Å²) in [6, 6.07) is 8.40. The van der Waals surface area contributed by atoms with E-state index in [0.29, 0.717) is 6.04 Å². The fraction of sp³-hybridized carbons (Fsp3) is 0.368. The van der Waals surface area contributed by atoms with Crippen LogP contribution in [0.15, 0.2) is 30.5 Å². The molecular weight excluding hydrogens is 366 g/mol. The molecular formula is C19H24ClN5S. The summed E-state index contributed by atoms with van der Waals surface area (Å²) in [4.78, 5) is 12.7. The van der Waals surface area contributed by atoms with Gasteiger partial charge in [-0.2, -0.15) is 11.8 Å². The minimum Gasteiger partial charge on any atom is -0.365 e. The Balaban J connectivity index is 0.000000948. The summed E-state index contributed by atoms with van der Waals surface area (Å²) < 4.78 is 0. The van der Waals surface area contributed by atoms with Crippen LogP contribution in [-0.2, 0) is 0 Å². The van der Waals surface area contributed by atoms with Crippen LogP contribution in [0.3, 0.4) is 0 Å². The van der Waals surface area contributed by atoms with Crippen LogP contribution in [-0.4, -0.2) is 39.5 Å². The summed E-state index contributed by atoms with van der Waals surface area (Å²) in [5.41, 5.74) is 8.24. The SMILES string of the molecule is CN.Cc1ncc(N[C@H]2CCCSC2)nc1-c1cc2c(Cl)cccc2[nH]1. The van der Waals surface area contributed by atoms with Crippen molar-refractivity contribution in [3.8, 4) is 11.4 Å². The summed E-state index contributed by atoms with van der Waals surface area (Å²) in [6.07, 6.45) is 4.28. The van der Waals surface area contributed by atoms with Gasteiger partial charge in [0.2, 0.25) is 0 Å². The maximum Gasteiger partial charge on any atom is 0.145 e. The van der Waals surface area contributed by atoms with Crippen molar-refractivity contribution in [2.24, 2.45) is 5.73 Å². The number of halogens is 1. The van der Waals surface area contributed by atoms with Gasteiger partial charge >= 0.3 is 0 Å². The molecule has 0 aliphatic carbocycles. The van der Waals surface area contributed by atoms with Crippen molar-refractivity contribution in [1.82, 2.24) is 15.0 Å². The summed E-state index contributed by atoms with van der Waals surface area (Å²) in [5.74, 6) is 3.24. The molecule has 0 spiro atoms. The number of nitrogens with one attached hydrogen (secondary N) is 2. The molecule has 1 atom stereocenters. The van der Waals surface area contributed by atoms with Gasteiger partial charge in [-0.15, -0.1) is 0 Å². The number of rotatable bonds is 3. The van der Waals surface area contributed by atoms with Crippen LogP contribution in [0.1, 0.15) is 18.5 Å². The molecule has 3 heterocycles. The molecule has 0 radical (unpaired) electrons. The van der Waals surface area contributed by atoms with E-state index in [4.69, 9.17) is 16.6 Å². The quantitative estimate of drug-likeness (QED) is 0.615. The van der Waals surface area contributed by atoms with E-state index in [9.17, 15) is 0 Å². The Morgan fingerprint density at radius 1 is 1.35 bits per heavy atom. The molecule has 5 nitrogen and oxygen atoms in total. The number of hydrogen-bond acceptors (Lipinski definition) is 5. The highest BCUT2D eigenvalue weighted by molar-refractivity contribution is 7.99. The average molecular weight is 390 g/mol. The van der Waals surface area contributed by atoms with Crippen LogP contribution in [0.5, 0.6) is 0 Å². The largest absolute Gasteiger partial charge is 0.365 e. The van der Waals surface area contributed by atoms with Gasteiger partial charge < -0.3 is 16.0 Å². The first-order valence-corrected chi connectivity index (χ1v) is 10.3. The topological polar surface area (TPSA) is 79.6 Å². The van der Waals surface area contributed by atoms with Gasteiger partial charge in [-0.05, 0) is 50.8 Å². The van der Waals surface area contributed by atoms with Gasteiger partial charge in [0.1, 0.15) is 11.5 Å². The van der Waals surface area contributed by atoms with Gasteiger partial charge in [-0.1, -0.05) is 17.7 Å². The lowest BCUT2D eigenvalue weighted by molar-refractivity contribution is 0.682. The van der Waals surface area contributed by atoms with Crippen LogP contribution >= 0.6 is 23.4 Å². The van der Waals surface area contributed by atoms with E-state index >= 15 is 0 Å². The number of H-pyrrole nitrogens is 1. The average Bonchev–Trinajstić information content (AvgIpc) is 3.11. The predicted octanol–water partition coefficient (Wildman–Crippen LogP) is 4.47. The van der Waals surface area contributed by atoms with E-state index in [-0.39, 0.29) is 0 Å². The highest BCUT2D eigenvalue weighted by Crippen LogP contribution is 2.30. The van der Waals surface area contributed by atoms with Crippen LogP contribution < -0.4 is 11.1 Å². The van der Waals surface area contributed by atoms with Gasteiger partial charge in [0.25, 0.3) is 0 Å². The molecule has 1 fully saturated rings. The summed E-state index contributed by atoms with van der Waals surface area (Å²) in [7, 11) is 1.50. The van der Waals surface area contributed by atoms with E-state index < -0.39 is 0 Å². The Morgan fingerprint density at radius 3 is 2.92 bits per heavy atom. The van der Waals surface area contributed by atoms with Gasteiger partial charge in [0, 0.05) is 27.7 Å². The molecule has 0 amide bonds. The van der Waals surface area contributed by atoms with Gasteiger partial charge in [0.15, 0.2) is 0 Å². The highest BCUT2D eigenvalue weighted by Gasteiger charge is 2.16. The first kappa shape index (κ1) is 19.0. The van der Waals surface area contributed by atoms with Gasteiger partial charge in [-0.25, -0.2) is 4.98 Å². The first-order chi connectivity index (χ1) is 12.7. The summed E-state index contributed by atoms with van der Waals surface area (Å²) in [5, 5.41) is 5.29. The number of anilines is 1. The Kier molecular flexibility index (Phi) is 6.40. The zero-order chi connectivity index (χ0) is 18.5. The number of aromatic nitrogens is 3. The van der Waals surface area contributed by atoms with Crippen molar-refractivity contribution in [3.05, 3.63) is 41.2 Å². The minimum absolute atomic E-state index is 0.478. The Labute approximate surface area is 163 Å².